The number of carbonyl (C=O) groups is 2. The van der Waals surface area contributed by atoms with Crippen molar-refractivity contribution in [2.24, 2.45) is 0 Å². The van der Waals surface area contributed by atoms with Crippen molar-refractivity contribution >= 4 is 17.6 Å². The summed E-state index contributed by atoms with van der Waals surface area (Å²) in [7, 11) is 2.94. The second-order valence-electron chi connectivity index (χ2n) is 5.36. The quantitative estimate of drug-likeness (QED) is 0.570. The maximum Gasteiger partial charge on any atom is 0.339 e. The minimum absolute atomic E-state index is 0.168. The third kappa shape index (κ3) is 5.61. The van der Waals surface area contributed by atoms with Gasteiger partial charge in [0.25, 0.3) is 0 Å². The van der Waals surface area contributed by atoms with Gasteiger partial charge in [-0.15, -0.1) is 0 Å². The van der Waals surface area contributed by atoms with Crippen molar-refractivity contribution in [3.05, 3.63) is 59.7 Å². The van der Waals surface area contributed by atoms with Crippen LogP contribution in [0.2, 0.25) is 0 Å². The Labute approximate surface area is 147 Å². The molecule has 0 saturated heterocycles. The highest BCUT2D eigenvalue weighted by Gasteiger charge is 2.12. The number of anilines is 1. The number of benzene rings is 2. The number of methoxy groups -OCH3 is 2. The monoisotopic (exact) mass is 342 g/mol. The number of nitrogens with one attached hydrogen (secondary N) is 2. The smallest absolute Gasteiger partial charge is 0.339 e. The molecule has 1 amide bonds. The van der Waals surface area contributed by atoms with Gasteiger partial charge in [-0.25, -0.2) is 4.79 Å². The Morgan fingerprint density at radius 3 is 2.40 bits per heavy atom. The number of hydrogen-bond donors (Lipinski definition) is 2. The van der Waals surface area contributed by atoms with E-state index in [1.54, 1.807) is 31.4 Å². The molecule has 0 heterocycles. The first kappa shape index (κ1) is 18.5. The third-order valence-electron chi connectivity index (χ3n) is 3.62. The van der Waals surface area contributed by atoms with Crippen LogP contribution in [-0.2, 0) is 16.1 Å². The van der Waals surface area contributed by atoms with Gasteiger partial charge >= 0.3 is 5.97 Å². The number of hydrogen-bond acceptors (Lipinski definition) is 5. The SMILES string of the molecule is COC(=O)c1ccccc1NC(=O)CCNCc1ccc(OC)cc1. The van der Waals surface area contributed by atoms with Crippen molar-refractivity contribution in [2.75, 3.05) is 26.1 Å². The molecule has 0 radical (unpaired) electrons. The predicted molar refractivity (Wildman–Crippen MR) is 95.7 cm³/mol. The molecule has 0 aromatic heterocycles. The summed E-state index contributed by atoms with van der Waals surface area (Å²) in [5.41, 5.74) is 1.90. The van der Waals surface area contributed by atoms with Gasteiger partial charge in [-0.3, -0.25) is 4.79 Å². The molecule has 132 valence electrons. The van der Waals surface area contributed by atoms with Gasteiger partial charge in [0.1, 0.15) is 5.75 Å². The first-order chi connectivity index (χ1) is 12.1. The van der Waals surface area contributed by atoms with E-state index >= 15 is 0 Å². The van der Waals surface area contributed by atoms with Gasteiger partial charge in [0, 0.05) is 19.5 Å². The van der Waals surface area contributed by atoms with Crippen LogP contribution >= 0.6 is 0 Å². The summed E-state index contributed by atoms with van der Waals surface area (Å²) in [6, 6.07) is 14.5. The van der Waals surface area contributed by atoms with Crippen LogP contribution in [0.15, 0.2) is 48.5 Å². The summed E-state index contributed by atoms with van der Waals surface area (Å²) in [4.78, 5) is 23.7. The zero-order valence-corrected chi connectivity index (χ0v) is 14.4. The predicted octanol–water partition coefficient (Wildman–Crippen LogP) is 2.60. The first-order valence-corrected chi connectivity index (χ1v) is 7.95. The summed E-state index contributed by atoms with van der Waals surface area (Å²) in [5.74, 6) is 0.166. The van der Waals surface area contributed by atoms with Crippen LogP contribution in [0.5, 0.6) is 5.75 Å². The van der Waals surface area contributed by atoms with Crippen LogP contribution in [0, 0.1) is 0 Å². The Balaban J connectivity index is 1.78. The van der Waals surface area contributed by atoms with Gasteiger partial charge in [-0.1, -0.05) is 24.3 Å². The van der Waals surface area contributed by atoms with E-state index in [0.717, 1.165) is 11.3 Å². The van der Waals surface area contributed by atoms with Gasteiger partial charge in [-0.2, -0.15) is 0 Å². The standard InChI is InChI=1S/C19H22N2O4/c1-24-15-9-7-14(8-10-15)13-20-12-11-18(22)21-17-6-4-3-5-16(17)19(23)25-2/h3-10,20H,11-13H2,1-2H3,(H,21,22). The lowest BCUT2D eigenvalue weighted by Crippen LogP contribution is -2.22. The fourth-order valence-corrected chi connectivity index (χ4v) is 2.27. The van der Waals surface area contributed by atoms with Crippen LogP contribution in [0.1, 0.15) is 22.3 Å². The Morgan fingerprint density at radius 2 is 1.72 bits per heavy atom. The average Bonchev–Trinajstić information content (AvgIpc) is 2.65. The molecule has 6 heteroatoms. The van der Waals surface area contributed by atoms with E-state index < -0.39 is 5.97 Å². The second kappa shape index (κ2) is 9.44. The molecule has 0 atom stereocenters. The van der Waals surface area contributed by atoms with Gasteiger partial charge < -0.3 is 20.1 Å². The number of carbonyl (C=O) groups excluding carboxylic acids is 2. The van der Waals surface area contributed by atoms with Crippen LogP contribution in [0.4, 0.5) is 5.69 Å². The van der Waals surface area contributed by atoms with E-state index in [0.29, 0.717) is 30.8 Å². The highest BCUT2D eigenvalue weighted by molar-refractivity contribution is 6.01. The topological polar surface area (TPSA) is 76.7 Å². The number of amides is 1. The molecule has 6 nitrogen and oxygen atoms in total. The highest BCUT2D eigenvalue weighted by Crippen LogP contribution is 2.16. The largest absolute Gasteiger partial charge is 0.497 e. The molecule has 25 heavy (non-hydrogen) atoms. The fraction of sp³-hybridized carbons (Fsp3) is 0.263. The molecule has 2 N–H and O–H groups in total. The summed E-state index contributed by atoms with van der Waals surface area (Å²) in [6.07, 6.45) is 0.297. The first-order valence-electron chi connectivity index (χ1n) is 7.95. The molecule has 0 aliphatic heterocycles. The van der Waals surface area contributed by atoms with Crippen molar-refractivity contribution < 1.29 is 19.1 Å². The molecule has 2 aromatic rings. The zero-order valence-electron chi connectivity index (χ0n) is 14.4. The normalized spacial score (nSPS) is 10.2. The molecule has 0 unspecified atom stereocenters. The molecule has 0 spiro atoms. The van der Waals surface area contributed by atoms with Gasteiger partial charge in [0.05, 0.1) is 25.5 Å². The van der Waals surface area contributed by atoms with E-state index in [4.69, 9.17) is 9.47 Å². The van der Waals surface area contributed by atoms with Crippen LogP contribution in [0.3, 0.4) is 0 Å². The molecule has 2 aromatic carbocycles. The Kier molecular flexibility index (Phi) is 6.98. The van der Waals surface area contributed by atoms with Gasteiger partial charge in [0.2, 0.25) is 5.91 Å². The molecular formula is C19H22N2O4. The minimum Gasteiger partial charge on any atom is -0.497 e. The number of esters is 1. The van der Waals surface area contributed by atoms with E-state index in [1.807, 2.05) is 24.3 Å². The molecule has 0 aliphatic rings. The number of ether oxygens (including phenoxy) is 2. The molecule has 0 saturated carbocycles. The lowest BCUT2D eigenvalue weighted by atomic mass is 10.1. The Morgan fingerprint density at radius 1 is 1.00 bits per heavy atom. The number of rotatable bonds is 8. The van der Waals surface area contributed by atoms with Crippen LogP contribution in [0.25, 0.3) is 0 Å². The lowest BCUT2D eigenvalue weighted by Gasteiger charge is -2.10. The van der Waals surface area contributed by atoms with Crippen molar-refractivity contribution in [2.45, 2.75) is 13.0 Å². The lowest BCUT2D eigenvalue weighted by molar-refractivity contribution is -0.116. The van der Waals surface area contributed by atoms with Crippen molar-refractivity contribution in [1.82, 2.24) is 5.32 Å². The summed E-state index contributed by atoms with van der Waals surface area (Å²) in [6.45, 7) is 1.19. The maximum atomic E-state index is 12.1. The van der Waals surface area contributed by atoms with Crippen molar-refractivity contribution in [3.8, 4) is 5.75 Å². The highest BCUT2D eigenvalue weighted by atomic mass is 16.5. The second-order valence-corrected chi connectivity index (χ2v) is 5.36. The summed E-state index contributed by atoms with van der Waals surface area (Å²) < 4.78 is 9.82. The zero-order chi connectivity index (χ0) is 18.1. The molecule has 0 bridgehead atoms. The van der Waals surface area contributed by atoms with Crippen molar-refractivity contribution in [3.63, 3.8) is 0 Å². The molecule has 0 fully saturated rings. The van der Waals surface area contributed by atoms with E-state index in [2.05, 4.69) is 10.6 Å². The maximum absolute atomic E-state index is 12.1. The fourth-order valence-electron chi connectivity index (χ4n) is 2.27. The Hall–Kier alpha value is -2.86. The molecule has 0 aliphatic carbocycles. The van der Waals surface area contributed by atoms with Gasteiger partial charge in [-0.05, 0) is 29.8 Å². The van der Waals surface area contributed by atoms with Crippen molar-refractivity contribution in [1.29, 1.82) is 0 Å². The van der Waals surface area contributed by atoms with E-state index in [-0.39, 0.29) is 5.91 Å². The molecular weight excluding hydrogens is 320 g/mol. The summed E-state index contributed by atoms with van der Waals surface area (Å²) in [5, 5.41) is 5.95. The molecule has 2 rings (SSSR count). The van der Waals surface area contributed by atoms with E-state index in [9.17, 15) is 9.59 Å². The minimum atomic E-state index is -0.478. The van der Waals surface area contributed by atoms with E-state index in [1.165, 1.54) is 7.11 Å². The Bertz CT molecular complexity index is 714. The van der Waals surface area contributed by atoms with Crippen LogP contribution in [-0.4, -0.2) is 32.6 Å². The van der Waals surface area contributed by atoms with Crippen LogP contribution < -0.4 is 15.4 Å². The van der Waals surface area contributed by atoms with Gasteiger partial charge in [0.15, 0.2) is 0 Å². The average molecular weight is 342 g/mol. The third-order valence-corrected chi connectivity index (χ3v) is 3.62. The summed E-state index contributed by atoms with van der Waals surface area (Å²) >= 11 is 0. The number of para-hydroxylation sites is 1.